The Morgan fingerprint density at radius 2 is 2.19 bits per heavy atom. The van der Waals surface area contributed by atoms with Gasteiger partial charge in [-0.1, -0.05) is 0 Å². The summed E-state index contributed by atoms with van der Waals surface area (Å²) in [5, 5.41) is 11.4. The molecule has 0 aliphatic heterocycles. The van der Waals surface area contributed by atoms with E-state index in [-0.39, 0.29) is 6.61 Å². The lowest BCUT2D eigenvalue weighted by Gasteiger charge is -2.21. The maximum atomic E-state index is 10.6. The van der Waals surface area contributed by atoms with Crippen LogP contribution < -0.4 is 10.2 Å². The number of hydrogen-bond acceptors (Lipinski definition) is 4. The van der Waals surface area contributed by atoms with Gasteiger partial charge < -0.3 is 15.3 Å². The quantitative estimate of drug-likeness (QED) is 0.687. The first-order valence-corrected chi connectivity index (χ1v) is 4.84. The molecule has 0 unspecified atom stereocenters. The van der Waals surface area contributed by atoms with E-state index >= 15 is 0 Å². The minimum absolute atomic E-state index is 0.0203. The molecule has 1 amide bonds. The van der Waals surface area contributed by atoms with Gasteiger partial charge in [-0.05, 0) is 18.2 Å². The lowest BCUT2D eigenvalue weighted by atomic mass is 10.1. The smallest absolute Gasteiger partial charge is 0.211 e. The Hall–Kier alpha value is -1.88. The van der Waals surface area contributed by atoms with Crippen LogP contribution >= 0.6 is 0 Å². The first-order chi connectivity index (χ1) is 7.72. The summed E-state index contributed by atoms with van der Waals surface area (Å²) in [5.74, 6) is 0. The molecule has 0 heterocycles. The number of anilines is 2. The van der Waals surface area contributed by atoms with E-state index in [9.17, 15) is 9.59 Å². The van der Waals surface area contributed by atoms with Crippen LogP contribution in [0.1, 0.15) is 10.4 Å². The lowest BCUT2D eigenvalue weighted by molar-refractivity contribution is -0.105. The SMILES string of the molecule is CN(CCO)c1ccc(C=O)cc1NC=O. The van der Waals surface area contributed by atoms with Gasteiger partial charge >= 0.3 is 0 Å². The Balaban J connectivity index is 3.05. The van der Waals surface area contributed by atoms with E-state index in [1.54, 1.807) is 30.1 Å². The van der Waals surface area contributed by atoms with Crippen LogP contribution in [-0.2, 0) is 4.79 Å². The van der Waals surface area contributed by atoms with Gasteiger partial charge in [0.15, 0.2) is 0 Å². The number of aliphatic hydroxyl groups excluding tert-OH is 1. The van der Waals surface area contributed by atoms with E-state index < -0.39 is 0 Å². The van der Waals surface area contributed by atoms with Gasteiger partial charge in [-0.15, -0.1) is 0 Å². The molecule has 0 saturated heterocycles. The minimum atomic E-state index is 0.0203. The van der Waals surface area contributed by atoms with E-state index in [1.165, 1.54) is 0 Å². The number of hydrogen-bond donors (Lipinski definition) is 2. The third-order valence-electron chi connectivity index (χ3n) is 2.22. The molecule has 0 radical (unpaired) electrons. The van der Waals surface area contributed by atoms with Crippen molar-refractivity contribution >= 4 is 24.1 Å². The average molecular weight is 222 g/mol. The molecule has 0 aliphatic carbocycles. The Bertz CT molecular complexity index is 379. The lowest BCUT2D eigenvalue weighted by Crippen LogP contribution is -2.22. The number of nitrogens with zero attached hydrogens (tertiary/aromatic N) is 1. The second kappa shape index (κ2) is 5.87. The molecule has 5 nitrogen and oxygen atoms in total. The molecule has 0 fully saturated rings. The van der Waals surface area contributed by atoms with E-state index in [4.69, 9.17) is 5.11 Å². The summed E-state index contributed by atoms with van der Waals surface area (Å²) in [6, 6.07) is 4.97. The van der Waals surface area contributed by atoms with Crippen molar-refractivity contribution in [3.63, 3.8) is 0 Å². The van der Waals surface area contributed by atoms with Gasteiger partial charge in [0.05, 0.1) is 18.0 Å². The van der Waals surface area contributed by atoms with E-state index in [1.807, 2.05) is 0 Å². The summed E-state index contributed by atoms with van der Waals surface area (Å²) >= 11 is 0. The van der Waals surface area contributed by atoms with Crippen molar-refractivity contribution < 1.29 is 14.7 Å². The average Bonchev–Trinajstić information content (AvgIpc) is 2.29. The van der Waals surface area contributed by atoms with Crippen LogP contribution in [0.2, 0.25) is 0 Å². The van der Waals surface area contributed by atoms with Crippen LogP contribution in [0.15, 0.2) is 18.2 Å². The van der Waals surface area contributed by atoms with Gasteiger partial charge in [0.2, 0.25) is 6.41 Å². The van der Waals surface area contributed by atoms with Crippen LogP contribution in [0.4, 0.5) is 11.4 Å². The van der Waals surface area contributed by atoms with Crippen LogP contribution in [0.3, 0.4) is 0 Å². The highest BCUT2D eigenvalue weighted by Gasteiger charge is 2.07. The highest BCUT2D eigenvalue weighted by Crippen LogP contribution is 2.25. The predicted octanol–water partition coefficient (Wildman–Crippen LogP) is 0.496. The van der Waals surface area contributed by atoms with Gasteiger partial charge in [0.25, 0.3) is 0 Å². The van der Waals surface area contributed by atoms with Crippen molar-refractivity contribution in [3.05, 3.63) is 23.8 Å². The van der Waals surface area contributed by atoms with Crippen LogP contribution in [0.25, 0.3) is 0 Å². The second-order valence-corrected chi connectivity index (χ2v) is 3.30. The number of rotatable bonds is 6. The minimum Gasteiger partial charge on any atom is -0.395 e. The zero-order valence-electron chi connectivity index (χ0n) is 9.01. The molecule has 1 rings (SSSR count). The Morgan fingerprint density at radius 3 is 2.75 bits per heavy atom. The topological polar surface area (TPSA) is 69.6 Å². The summed E-state index contributed by atoms with van der Waals surface area (Å²) in [6.45, 7) is 0.473. The van der Waals surface area contributed by atoms with Crippen molar-refractivity contribution in [2.45, 2.75) is 0 Å². The second-order valence-electron chi connectivity index (χ2n) is 3.30. The maximum absolute atomic E-state index is 10.6. The van der Waals surface area contributed by atoms with Crippen LogP contribution in [0, 0.1) is 0 Å². The zero-order valence-corrected chi connectivity index (χ0v) is 9.01. The van der Waals surface area contributed by atoms with Crippen LogP contribution in [0.5, 0.6) is 0 Å². The molecule has 1 aromatic carbocycles. The number of aliphatic hydroxyl groups is 1. The zero-order chi connectivity index (χ0) is 12.0. The Kier molecular flexibility index (Phi) is 4.47. The fourth-order valence-electron chi connectivity index (χ4n) is 1.41. The van der Waals surface area contributed by atoms with Gasteiger partial charge in [-0.3, -0.25) is 9.59 Å². The molecule has 0 aromatic heterocycles. The molecule has 0 spiro atoms. The highest BCUT2D eigenvalue weighted by molar-refractivity contribution is 5.86. The molecule has 0 bridgehead atoms. The largest absolute Gasteiger partial charge is 0.395 e. The summed E-state index contributed by atoms with van der Waals surface area (Å²) in [5.41, 5.74) is 1.80. The number of carbonyl (C=O) groups excluding carboxylic acids is 2. The molecule has 0 saturated carbocycles. The third kappa shape index (κ3) is 2.80. The van der Waals surface area contributed by atoms with E-state index in [0.717, 1.165) is 5.69 Å². The third-order valence-corrected chi connectivity index (χ3v) is 2.22. The number of carbonyl (C=O) groups is 2. The maximum Gasteiger partial charge on any atom is 0.211 e. The fraction of sp³-hybridized carbons (Fsp3) is 0.273. The number of aldehydes is 1. The summed E-state index contributed by atoms with van der Waals surface area (Å²) < 4.78 is 0. The normalized spacial score (nSPS) is 9.62. The fourth-order valence-corrected chi connectivity index (χ4v) is 1.41. The summed E-state index contributed by atoms with van der Waals surface area (Å²) in [7, 11) is 1.79. The molecule has 16 heavy (non-hydrogen) atoms. The van der Waals surface area contributed by atoms with Gasteiger partial charge in [-0.2, -0.15) is 0 Å². The molecule has 5 heteroatoms. The van der Waals surface area contributed by atoms with Crippen molar-refractivity contribution in [3.8, 4) is 0 Å². The van der Waals surface area contributed by atoms with Crippen molar-refractivity contribution in [1.29, 1.82) is 0 Å². The summed E-state index contributed by atoms with van der Waals surface area (Å²) in [4.78, 5) is 22.8. The molecular weight excluding hydrogens is 208 g/mol. The van der Waals surface area contributed by atoms with Crippen molar-refractivity contribution in [1.82, 2.24) is 0 Å². The van der Waals surface area contributed by atoms with Gasteiger partial charge in [0, 0.05) is 19.2 Å². The Morgan fingerprint density at radius 1 is 1.44 bits per heavy atom. The highest BCUT2D eigenvalue weighted by atomic mass is 16.3. The number of benzene rings is 1. The molecular formula is C11H14N2O3. The first kappa shape index (κ1) is 12.2. The number of amides is 1. The van der Waals surface area contributed by atoms with Gasteiger partial charge in [-0.25, -0.2) is 0 Å². The molecule has 86 valence electrons. The predicted molar refractivity (Wildman–Crippen MR) is 61.9 cm³/mol. The van der Waals surface area contributed by atoms with Crippen LogP contribution in [-0.4, -0.2) is 38.0 Å². The van der Waals surface area contributed by atoms with Crippen molar-refractivity contribution in [2.75, 3.05) is 30.4 Å². The first-order valence-electron chi connectivity index (χ1n) is 4.84. The molecule has 1 aromatic rings. The molecule has 2 N–H and O–H groups in total. The molecule has 0 atom stereocenters. The Labute approximate surface area is 93.7 Å². The van der Waals surface area contributed by atoms with Crippen molar-refractivity contribution in [2.24, 2.45) is 0 Å². The summed E-state index contributed by atoms with van der Waals surface area (Å²) in [6.07, 6.45) is 1.27. The molecule has 0 aliphatic rings. The van der Waals surface area contributed by atoms with E-state index in [0.29, 0.717) is 30.5 Å². The number of nitrogens with one attached hydrogen (secondary N) is 1. The van der Waals surface area contributed by atoms with E-state index in [2.05, 4.69) is 5.32 Å². The number of likely N-dealkylation sites (N-methyl/N-ethyl adjacent to an activating group) is 1. The van der Waals surface area contributed by atoms with Gasteiger partial charge in [0.1, 0.15) is 6.29 Å². The monoisotopic (exact) mass is 222 g/mol. The standard InChI is InChI=1S/C11H14N2O3/c1-13(4-5-14)11-3-2-9(7-15)6-10(11)12-8-16/h2-3,6-8,14H,4-5H2,1H3,(H,12,16).